The fraction of sp³-hybridized carbons (Fsp3) is 0.895. The van der Waals surface area contributed by atoms with Gasteiger partial charge in [-0.05, 0) is 19.3 Å². The summed E-state index contributed by atoms with van der Waals surface area (Å²) < 4.78 is 0.984. The maximum atomic E-state index is 10.5. The van der Waals surface area contributed by atoms with Gasteiger partial charge in [0.25, 0.3) is 0 Å². The molecule has 0 spiro atoms. The number of carboxylic acids is 1. The number of nitrogens with one attached hydrogen (secondary N) is 1. The molecule has 0 aromatic heterocycles. The Morgan fingerprint density at radius 2 is 1.58 bits per heavy atom. The fourth-order valence-corrected chi connectivity index (χ4v) is 4.98. The zero-order valence-corrected chi connectivity index (χ0v) is 16.9. The molecular weight excluding hydrogens is 338 g/mol. The van der Waals surface area contributed by atoms with Crippen molar-refractivity contribution in [2.45, 2.75) is 108 Å². The Kier molecular flexibility index (Phi) is 12.6. The molecule has 1 aliphatic heterocycles. The van der Waals surface area contributed by atoms with Gasteiger partial charge >= 0.3 is 5.97 Å². The Bertz CT molecular complexity index is 363. The summed E-state index contributed by atoms with van der Waals surface area (Å²) in [5, 5.41) is 12.8. The lowest BCUT2D eigenvalue weighted by atomic mass is 9.99. The molecule has 1 rings (SSSR count). The average molecular weight is 374 g/mol. The van der Waals surface area contributed by atoms with Crippen LogP contribution in [0.25, 0.3) is 0 Å². The summed E-state index contributed by atoms with van der Waals surface area (Å²) in [5.41, 5.74) is 0. The molecule has 3 nitrogen and oxygen atoms in total. The van der Waals surface area contributed by atoms with Gasteiger partial charge in [-0.15, -0.1) is 0 Å². The van der Waals surface area contributed by atoms with Gasteiger partial charge in [-0.25, -0.2) is 0 Å². The zero-order chi connectivity index (χ0) is 17.6. The molecule has 0 unspecified atom stereocenters. The number of hydrogen-bond donors (Lipinski definition) is 2. The Morgan fingerprint density at radius 1 is 1.00 bits per heavy atom. The fourth-order valence-electron chi connectivity index (χ4n) is 3.31. The summed E-state index contributed by atoms with van der Waals surface area (Å²) in [5.74, 6) is -0.672. The molecule has 0 saturated carbocycles. The molecular formula is C19H35NO2S2. The normalized spacial score (nSPS) is 20.3. The molecule has 24 heavy (non-hydrogen) atoms. The maximum absolute atomic E-state index is 10.5. The standard InChI is InChI=1S/C19H35NO2S2/c1-2-3-4-5-7-10-13-16-17(24-19(23)20-16)14-11-8-6-9-12-15-18(21)22/h16-17H,2-15H2,1H3,(H,20,23)(H,21,22)/t16-,17-/m0/s1. The molecule has 0 aromatic carbocycles. The van der Waals surface area contributed by atoms with Gasteiger partial charge in [-0.3, -0.25) is 4.79 Å². The monoisotopic (exact) mass is 373 g/mol. The quantitative estimate of drug-likeness (QED) is 0.276. The van der Waals surface area contributed by atoms with Crippen LogP contribution < -0.4 is 5.32 Å². The van der Waals surface area contributed by atoms with Crippen LogP contribution in [0, 0.1) is 0 Å². The zero-order valence-electron chi connectivity index (χ0n) is 15.2. The largest absolute Gasteiger partial charge is 0.481 e. The van der Waals surface area contributed by atoms with E-state index < -0.39 is 5.97 Å². The summed E-state index contributed by atoms with van der Waals surface area (Å²) in [7, 11) is 0. The highest BCUT2D eigenvalue weighted by Gasteiger charge is 2.29. The Hall–Kier alpha value is -0.290. The van der Waals surface area contributed by atoms with E-state index in [1.54, 1.807) is 0 Å². The summed E-state index contributed by atoms with van der Waals surface area (Å²) in [6.07, 6.45) is 16.4. The van der Waals surface area contributed by atoms with Gasteiger partial charge in [0.15, 0.2) is 0 Å². The second-order valence-electron chi connectivity index (χ2n) is 6.95. The van der Waals surface area contributed by atoms with E-state index in [1.807, 2.05) is 11.8 Å². The number of thiocarbonyl (C=S) groups is 1. The van der Waals surface area contributed by atoms with Gasteiger partial charge in [0, 0.05) is 17.7 Å². The molecule has 0 amide bonds. The van der Waals surface area contributed by atoms with E-state index in [-0.39, 0.29) is 0 Å². The number of carboxylic acid groups (broad SMARTS) is 1. The SMILES string of the molecule is CCCCCCCC[C@@H]1NC(=S)S[C@H]1CCCCCCCC(=O)O. The van der Waals surface area contributed by atoms with Crippen LogP contribution in [0.5, 0.6) is 0 Å². The maximum Gasteiger partial charge on any atom is 0.303 e. The first-order chi connectivity index (χ1) is 11.6. The number of rotatable bonds is 15. The van der Waals surface area contributed by atoms with Crippen molar-refractivity contribution in [3.05, 3.63) is 0 Å². The van der Waals surface area contributed by atoms with Crippen LogP contribution in [0.2, 0.25) is 0 Å². The number of unbranched alkanes of at least 4 members (excludes halogenated alkanes) is 9. The lowest BCUT2D eigenvalue weighted by molar-refractivity contribution is -0.137. The van der Waals surface area contributed by atoms with Gasteiger partial charge < -0.3 is 10.4 Å². The highest BCUT2D eigenvalue weighted by molar-refractivity contribution is 8.23. The number of hydrogen-bond acceptors (Lipinski definition) is 3. The van der Waals surface area contributed by atoms with Crippen LogP contribution in [0.15, 0.2) is 0 Å². The minimum absolute atomic E-state index is 0.316. The van der Waals surface area contributed by atoms with Crippen molar-refractivity contribution in [3.8, 4) is 0 Å². The van der Waals surface area contributed by atoms with E-state index in [4.69, 9.17) is 17.3 Å². The Balaban J connectivity index is 2.07. The average Bonchev–Trinajstić information content (AvgIpc) is 2.89. The molecule has 1 aliphatic rings. The van der Waals surface area contributed by atoms with Crippen LogP contribution in [-0.4, -0.2) is 26.7 Å². The van der Waals surface area contributed by atoms with Crippen molar-refractivity contribution in [1.82, 2.24) is 5.32 Å². The van der Waals surface area contributed by atoms with Crippen LogP contribution in [0.1, 0.15) is 96.8 Å². The molecule has 0 aromatic rings. The number of aliphatic carboxylic acids is 1. The van der Waals surface area contributed by atoms with Crippen molar-refractivity contribution >= 4 is 34.3 Å². The van der Waals surface area contributed by atoms with Crippen molar-refractivity contribution < 1.29 is 9.90 Å². The van der Waals surface area contributed by atoms with Crippen LogP contribution in [0.4, 0.5) is 0 Å². The van der Waals surface area contributed by atoms with Crippen LogP contribution in [-0.2, 0) is 4.79 Å². The summed E-state index contributed by atoms with van der Waals surface area (Å²) >= 11 is 7.23. The first-order valence-electron chi connectivity index (χ1n) is 9.82. The summed E-state index contributed by atoms with van der Waals surface area (Å²) in [6, 6.07) is 0.570. The molecule has 0 bridgehead atoms. The molecule has 5 heteroatoms. The first kappa shape index (κ1) is 21.8. The molecule has 0 aliphatic carbocycles. The lowest BCUT2D eigenvalue weighted by Crippen LogP contribution is -2.31. The minimum atomic E-state index is -0.672. The van der Waals surface area contributed by atoms with Gasteiger partial charge in [-0.2, -0.15) is 0 Å². The molecule has 1 heterocycles. The summed E-state index contributed by atoms with van der Waals surface area (Å²) in [4.78, 5) is 10.5. The molecule has 0 radical (unpaired) electrons. The molecule has 2 atom stereocenters. The minimum Gasteiger partial charge on any atom is -0.481 e. The van der Waals surface area contributed by atoms with E-state index in [0.717, 1.165) is 23.6 Å². The van der Waals surface area contributed by atoms with Crippen molar-refractivity contribution in [2.24, 2.45) is 0 Å². The lowest BCUT2D eigenvalue weighted by Gasteiger charge is -2.18. The van der Waals surface area contributed by atoms with Crippen LogP contribution >= 0.6 is 24.0 Å². The summed E-state index contributed by atoms with van der Waals surface area (Å²) in [6.45, 7) is 2.26. The van der Waals surface area contributed by atoms with Crippen molar-refractivity contribution in [3.63, 3.8) is 0 Å². The van der Waals surface area contributed by atoms with Gasteiger partial charge in [0.05, 0.1) is 0 Å². The van der Waals surface area contributed by atoms with Crippen molar-refractivity contribution in [2.75, 3.05) is 0 Å². The third-order valence-corrected chi connectivity index (χ3v) is 6.36. The number of carbonyl (C=O) groups is 1. The predicted octanol–water partition coefficient (Wildman–Crippen LogP) is 5.91. The van der Waals surface area contributed by atoms with Gasteiger partial charge in [0.1, 0.15) is 4.32 Å². The second kappa shape index (κ2) is 13.9. The van der Waals surface area contributed by atoms with Crippen molar-refractivity contribution in [1.29, 1.82) is 0 Å². The van der Waals surface area contributed by atoms with Gasteiger partial charge in [-0.1, -0.05) is 95.1 Å². The van der Waals surface area contributed by atoms with E-state index in [2.05, 4.69) is 12.2 Å². The van der Waals surface area contributed by atoms with E-state index >= 15 is 0 Å². The second-order valence-corrected chi connectivity index (χ2v) is 8.87. The number of thioether (sulfide) groups is 1. The third kappa shape index (κ3) is 10.5. The molecule has 1 fully saturated rings. The third-order valence-electron chi connectivity index (χ3n) is 4.76. The topological polar surface area (TPSA) is 49.3 Å². The van der Waals surface area contributed by atoms with E-state index in [1.165, 1.54) is 64.2 Å². The first-order valence-corrected chi connectivity index (χ1v) is 11.1. The molecule has 1 saturated heterocycles. The van der Waals surface area contributed by atoms with E-state index in [9.17, 15) is 4.79 Å². The highest BCUT2D eigenvalue weighted by Crippen LogP contribution is 2.31. The highest BCUT2D eigenvalue weighted by atomic mass is 32.2. The molecule has 2 N–H and O–H groups in total. The molecule has 140 valence electrons. The Morgan fingerprint density at radius 3 is 2.25 bits per heavy atom. The van der Waals surface area contributed by atoms with Crippen LogP contribution in [0.3, 0.4) is 0 Å². The smallest absolute Gasteiger partial charge is 0.303 e. The predicted molar refractivity (Wildman–Crippen MR) is 109 cm³/mol. The van der Waals surface area contributed by atoms with E-state index in [0.29, 0.717) is 17.7 Å². The Labute approximate surface area is 157 Å². The van der Waals surface area contributed by atoms with Gasteiger partial charge in [0.2, 0.25) is 0 Å².